The van der Waals surface area contributed by atoms with Crippen molar-refractivity contribution < 1.29 is 9.53 Å². The number of carbonyl (C=O) groups is 1. The third kappa shape index (κ3) is 4.91. The van der Waals surface area contributed by atoms with Crippen LogP contribution in [0.2, 0.25) is 0 Å². The Kier molecular flexibility index (Phi) is 6.64. The van der Waals surface area contributed by atoms with Crippen molar-refractivity contribution in [2.45, 2.75) is 36.8 Å². The first-order chi connectivity index (χ1) is 16.2. The van der Waals surface area contributed by atoms with E-state index in [9.17, 15) is 4.79 Å². The number of fused-ring (bicyclic) bond motifs is 1. The van der Waals surface area contributed by atoms with Gasteiger partial charge in [0.2, 0.25) is 11.9 Å². The number of thioether (sulfide) groups is 1. The SMILES string of the molecule is C[C@H](Sc1nnc(N2CCOCC2)n1Cc1ccccc1)C(=O)N1CCc2ccccc2C1. The molecule has 5 rings (SSSR count). The first-order valence-corrected chi connectivity index (χ1v) is 12.4. The van der Waals surface area contributed by atoms with Crippen molar-refractivity contribution in [2.75, 3.05) is 37.7 Å². The lowest BCUT2D eigenvalue weighted by Crippen LogP contribution is -2.40. The minimum Gasteiger partial charge on any atom is -0.378 e. The molecule has 1 fully saturated rings. The second-order valence-electron chi connectivity index (χ2n) is 8.49. The fourth-order valence-corrected chi connectivity index (χ4v) is 5.35. The van der Waals surface area contributed by atoms with Gasteiger partial charge in [-0.05, 0) is 30.0 Å². The van der Waals surface area contributed by atoms with E-state index in [2.05, 4.69) is 50.0 Å². The Bertz CT molecular complexity index is 1100. The van der Waals surface area contributed by atoms with Gasteiger partial charge in [0.05, 0.1) is 25.0 Å². The third-order valence-corrected chi connectivity index (χ3v) is 7.32. The maximum Gasteiger partial charge on any atom is 0.236 e. The van der Waals surface area contributed by atoms with Crippen LogP contribution in [0.5, 0.6) is 0 Å². The normalized spacial score (nSPS) is 17.0. The zero-order valence-corrected chi connectivity index (χ0v) is 19.7. The predicted octanol–water partition coefficient (Wildman–Crippen LogP) is 3.23. The van der Waals surface area contributed by atoms with Crippen molar-refractivity contribution >= 4 is 23.6 Å². The number of nitrogens with zero attached hydrogens (tertiary/aromatic N) is 5. The molecule has 7 nitrogen and oxygen atoms in total. The Morgan fingerprint density at radius 1 is 1.00 bits per heavy atom. The van der Waals surface area contributed by atoms with Crippen LogP contribution in [0.4, 0.5) is 5.95 Å². The molecule has 0 spiro atoms. The number of hydrogen-bond acceptors (Lipinski definition) is 6. The molecule has 3 aromatic rings. The van der Waals surface area contributed by atoms with E-state index in [4.69, 9.17) is 4.74 Å². The summed E-state index contributed by atoms with van der Waals surface area (Å²) in [4.78, 5) is 17.5. The van der Waals surface area contributed by atoms with Gasteiger partial charge in [-0.15, -0.1) is 10.2 Å². The van der Waals surface area contributed by atoms with Gasteiger partial charge in [-0.3, -0.25) is 9.36 Å². The van der Waals surface area contributed by atoms with Gasteiger partial charge in [0.15, 0.2) is 5.16 Å². The highest BCUT2D eigenvalue weighted by Crippen LogP contribution is 2.29. The highest BCUT2D eigenvalue weighted by molar-refractivity contribution is 8.00. The number of rotatable bonds is 6. The van der Waals surface area contributed by atoms with E-state index in [-0.39, 0.29) is 11.2 Å². The highest BCUT2D eigenvalue weighted by Gasteiger charge is 2.28. The molecule has 33 heavy (non-hydrogen) atoms. The second kappa shape index (κ2) is 9.97. The van der Waals surface area contributed by atoms with Gasteiger partial charge in [-0.2, -0.15) is 0 Å². The maximum atomic E-state index is 13.3. The Hall–Kier alpha value is -2.84. The molecule has 0 bridgehead atoms. The predicted molar refractivity (Wildman–Crippen MR) is 129 cm³/mol. The summed E-state index contributed by atoms with van der Waals surface area (Å²) in [5.74, 6) is 0.993. The average Bonchev–Trinajstić information content (AvgIpc) is 3.26. The lowest BCUT2D eigenvalue weighted by molar-refractivity contribution is -0.131. The fourth-order valence-electron chi connectivity index (χ4n) is 4.42. The summed E-state index contributed by atoms with van der Waals surface area (Å²) in [5, 5.41) is 9.57. The molecular weight excluding hydrogens is 434 g/mol. The standard InChI is InChI=1S/C25H29N5O2S/c1-19(23(31)29-12-11-21-9-5-6-10-22(21)18-29)33-25-27-26-24(28-13-15-32-16-14-28)30(25)17-20-7-3-2-4-8-20/h2-10,19H,11-18H2,1H3/t19-/m0/s1. The van der Waals surface area contributed by atoms with Crippen LogP contribution in [0.1, 0.15) is 23.6 Å². The molecule has 1 saturated heterocycles. The molecular formula is C25H29N5O2S. The summed E-state index contributed by atoms with van der Waals surface area (Å²) in [7, 11) is 0. The van der Waals surface area contributed by atoms with Crippen LogP contribution < -0.4 is 4.90 Å². The van der Waals surface area contributed by atoms with E-state index in [0.717, 1.165) is 37.2 Å². The van der Waals surface area contributed by atoms with Crippen LogP contribution in [0, 0.1) is 0 Å². The molecule has 3 heterocycles. The molecule has 2 aliphatic rings. The second-order valence-corrected chi connectivity index (χ2v) is 9.80. The van der Waals surface area contributed by atoms with Gasteiger partial charge in [-0.1, -0.05) is 66.4 Å². The van der Waals surface area contributed by atoms with Crippen LogP contribution >= 0.6 is 11.8 Å². The van der Waals surface area contributed by atoms with Crippen LogP contribution in [0.15, 0.2) is 59.8 Å². The Morgan fingerprint density at radius 2 is 1.73 bits per heavy atom. The Balaban J connectivity index is 1.35. The van der Waals surface area contributed by atoms with Crippen LogP contribution in [0.25, 0.3) is 0 Å². The monoisotopic (exact) mass is 463 g/mol. The van der Waals surface area contributed by atoms with Crippen molar-refractivity contribution in [3.05, 3.63) is 71.3 Å². The third-order valence-electron chi connectivity index (χ3n) is 6.25. The topological polar surface area (TPSA) is 63.5 Å². The maximum absolute atomic E-state index is 13.3. The molecule has 0 unspecified atom stereocenters. The number of benzene rings is 2. The number of carbonyl (C=O) groups excluding carboxylic acids is 1. The number of aromatic nitrogens is 3. The summed E-state index contributed by atoms with van der Waals surface area (Å²) < 4.78 is 7.66. The summed E-state index contributed by atoms with van der Waals surface area (Å²) in [5.41, 5.74) is 3.77. The van der Waals surface area contributed by atoms with Gasteiger partial charge in [0.25, 0.3) is 0 Å². The zero-order valence-electron chi connectivity index (χ0n) is 18.9. The van der Waals surface area contributed by atoms with Gasteiger partial charge in [-0.25, -0.2) is 0 Å². The number of anilines is 1. The van der Waals surface area contributed by atoms with E-state index in [1.807, 2.05) is 36.1 Å². The smallest absolute Gasteiger partial charge is 0.236 e. The van der Waals surface area contributed by atoms with E-state index in [1.165, 1.54) is 28.5 Å². The van der Waals surface area contributed by atoms with Crippen LogP contribution in [0.3, 0.4) is 0 Å². The molecule has 2 aromatic carbocycles. The largest absolute Gasteiger partial charge is 0.378 e. The number of amides is 1. The summed E-state index contributed by atoms with van der Waals surface area (Å²) in [6.07, 6.45) is 0.907. The molecule has 2 aliphatic heterocycles. The quantitative estimate of drug-likeness (QED) is 0.523. The minimum atomic E-state index is -0.244. The number of hydrogen-bond donors (Lipinski definition) is 0. The Labute approximate surface area is 198 Å². The lowest BCUT2D eigenvalue weighted by Gasteiger charge is -2.31. The van der Waals surface area contributed by atoms with Gasteiger partial charge in [0.1, 0.15) is 0 Å². The highest BCUT2D eigenvalue weighted by atomic mass is 32.2. The van der Waals surface area contributed by atoms with Crippen LogP contribution in [-0.4, -0.2) is 63.7 Å². The fraction of sp³-hybridized carbons (Fsp3) is 0.400. The van der Waals surface area contributed by atoms with E-state index < -0.39 is 0 Å². The molecule has 1 aromatic heterocycles. The molecule has 0 N–H and O–H groups in total. The number of ether oxygens (including phenoxy) is 1. The van der Waals surface area contributed by atoms with E-state index >= 15 is 0 Å². The van der Waals surface area contributed by atoms with E-state index in [1.54, 1.807) is 0 Å². The van der Waals surface area contributed by atoms with Crippen LogP contribution in [-0.2, 0) is 29.0 Å². The van der Waals surface area contributed by atoms with Gasteiger partial charge >= 0.3 is 0 Å². The number of morpholine rings is 1. The summed E-state index contributed by atoms with van der Waals surface area (Å²) in [6.45, 7) is 7.03. The molecule has 1 amide bonds. The molecule has 8 heteroatoms. The minimum absolute atomic E-state index is 0.150. The van der Waals surface area contributed by atoms with Gasteiger partial charge < -0.3 is 14.5 Å². The molecule has 0 aliphatic carbocycles. The molecule has 0 saturated carbocycles. The Morgan fingerprint density at radius 3 is 2.52 bits per heavy atom. The van der Waals surface area contributed by atoms with Crippen molar-refractivity contribution in [1.82, 2.24) is 19.7 Å². The van der Waals surface area contributed by atoms with Gasteiger partial charge in [0, 0.05) is 26.2 Å². The summed E-state index contributed by atoms with van der Waals surface area (Å²) >= 11 is 1.50. The average molecular weight is 464 g/mol. The zero-order chi connectivity index (χ0) is 22.6. The lowest BCUT2D eigenvalue weighted by atomic mass is 10.00. The first kappa shape index (κ1) is 22.0. The molecule has 1 atom stereocenters. The van der Waals surface area contributed by atoms with Crippen molar-refractivity contribution in [1.29, 1.82) is 0 Å². The molecule has 172 valence electrons. The molecule has 0 radical (unpaired) electrons. The van der Waals surface area contributed by atoms with Crippen molar-refractivity contribution in [3.8, 4) is 0 Å². The first-order valence-electron chi connectivity index (χ1n) is 11.5. The summed E-state index contributed by atoms with van der Waals surface area (Å²) in [6, 6.07) is 18.7. The van der Waals surface area contributed by atoms with Crippen molar-refractivity contribution in [3.63, 3.8) is 0 Å². The van der Waals surface area contributed by atoms with Crippen molar-refractivity contribution in [2.24, 2.45) is 0 Å². The van der Waals surface area contributed by atoms with E-state index in [0.29, 0.717) is 26.3 Å².